The molecule has 0 unspecified atom stereocenters. The minimum atomic E-state index is 0.246. The summed E-state index contributed by atoms with van der Waals surface area (Å²) >= 11 is 0. The Bertz CT molecular complexity index is 365. The summed E-state index contributed by atoms with van der Waals surface area (Å²) < 4.78 is 0. The predicted octanol–water partition coefficient (Wildman–Crippen LogP) is 0.881. The summed E-state index contributed by atoms with van der Waals surface area (Å²) in [5, 5.41) is 8.66. The van der Waals surface area contributed by atoms with Crippen LogP contribution in [0.15, 0.2) is 18.3 Å². The van der Waals surface area contributed by atoms with Crippen LogP contribution in [0.1, 0.15) is 18.4 Å². The molecule has 15 heavy (non-hydrogen) atoms. The molecule has 2 N–H and O–H groups in total. The van der Waals surface area contributed by atoms with Gasteiger partial charge in [-0.3, -0.25) is 0 Å². The zero-order chi connectivity index (χ0) is 10.7. The molecule has 0 saturated carbocycles. The van der Waals surface area contributed by atoms with E-state index < -0.39 is 0 Å². The molecule has 0 aromatic carbocycles. The Labute approximate surface area is 89.3 Å². The van der Waals surface area contributed by atoms with Gasteiger partial charge in [-0.1, -0.05) is 0 Å². The van der Waals surface area contributed by atoms with Crippen molar-refractivity contribution >= 4 is 5.82 Å². The molecular formula is C11H14N4. The van der Waals surface area contributed by atoms with Crippen LogP contribution in [0.5, 0.6) is 0 Å². The number of hydrogen-bond donors (Lipinski definition) is 1. The lowest BCUT2D eigenvalue weighted by Gasteiger charge is -2.31. The quantitative estimate of drug-likeness (QED) is 0.734. The molecule has 1 atom stereocenters. The van der Waals surface area contributed by atoms with Crippen LogP contribution in [0.2, 0.25) is 0 Å². The largest absolute Gasteiger partial charge is 0.355 e. The van der Waals surface area contributed by atoms with Crippen LogP contribution in [0, 0.1) is 11.3 Å². The van der Waals surface area contributed by atoms with E-state index in [1.165, 1.54) is 0 Å². The van der Waals surface area contributed by atoms with Crippen LogP contribution in [-0.2, 0) is 0 Å². The number of aromatic nitrogens is 1. The molecule has 0 spiro atoms. The maximum Gasteiger partial charge on any atom is 0.128 e. The van der Waals surface area contributed by atoms with E-state index in [-0.39, 0.29) is 6.04 Å². The van der Waals surface area contributed by atoms with Crippen molar-refractivity contribution in [3.05, 3.63) is 23.9 Å². The Morgan fingerprint density at radius 2 is 2.40 bits per heavy atom. The molecule has 1 saturated heterocycles. The fraction of sp³-hybridized carbons (Fsp3) is 0.455. The second-order valence-corrected chi connectivity index (χ2v) is 3.87. The average Bonchev–Trinajstić information content (AvgIpc) is 2.29. The SMILES string of the molecule is N#Cc1ccc(N2CCC[C@@H](N)C2)nc1. The van der Waals surface area contributed by atoms with Gasteiger partial charge >= 0.3 is 0 Å². The van der Waals surface area contributed by atoms with E-state index >= 15 is 0 Å². The third-order valence-corrected chi connectivity index (χ3v) is 2.66. The lowest BCUT2D eigenvalue weighted by atomic mass is 10.1. The zero-order valence-corrected chi connectivity index (χ0v) is 8.56. The van der Waals surface area contributed by atoms with Gasteiger partial charge in [-0.15, -0.1) is 0 Å². The number of pyridine rings is 1. The van der Waals surface area contributed by atoms with E-state index in [1.54, 1.807) is 12.3 Å². The minimum Gasteiger partial charge on any atom is -0.355 e. The minimum absolute atomic E-state index is 0.246. The second kappa shape index (κ2) is 4.28. The number of hydrogen-bond acceptors (Lipinski definition) is 4. The van der Waals surface area contributed by atoms with Crippen molar-refractivity contribution in [2.75, 3.05) is 18.0 Å². The molecule has 4 nitrogen and oxygen atoms in total. The van der Waals surface area contributed by atoms with Gasteiger partial charge in [0.05, 0.1) is 5.56 Å². The molecule has 0 aliphatic carbocycles. The van der Waals surface area contributed by atoms with Gasteiger partial charge in [-0.25, -0.2) is 4.98 Å². The van der Waals surface area contributed by atoms with Gasteiger partial charge in [-0.05, 0) is 25.0 Å². The molecule has 0 amide bonds. The highest BCUT2D eigenvalue weighted by Gasteiger charge is 2.17. The number of nitriles is 1. The fourth-order valence-electron chi connectivity index (χ4n) is 1.86. The molecule has 1 fully saturated rings. The van der Waals surface area contributed by atoms with Crippen molar-refractivity contribution in [2.24, 2.45) is 5.73 Å². The summed E-state index contributed by atoms with van der Waals surface area (Å²) in [6.45, 7) is 1.87. The van der Waals surface area contributed by atoms with E-state index in [9.17, 15) is 0 Å². The highest BCUT2D eigenvalue weighted by atomic mass is 15.2. The molecular weight excluding hydrogens is 188 g/mol. The van der Waals surface area contributed by atoms with Crippen LogP contribution in [0.4, 0.5) is 5.82 Å². The van der Waals surface area contributed by atoms with Gasteiger partial charge < -0.3 is 10.6 Å². The van der Waals surface area contributed by atoms with Crippen molar-refractivity contribution in [2.45, 2.75) is 18.9 Å². The Morgan fingerprint density at radius 3 is 3.00 bits per heavy atom. The van der Waals surface area contributed by atoms with Crippen LogP contribution < -0.4 is 10.6 Å². The lowest BCUT2D eigenvalue weighted by molar-refractivity contribution is 0.503. The number of rotatable bonds is 1. The van der Waals surface area contributed by atoms with Crippen molar-refractivity contribution in [3.63, 3.8) is 0 Å². The van der Waals surface area contributed by atoms with Crippen LogP contribution in [-0.4, -0.2) is 24.1 Å². The number of anilines is 1. The van der Waals surface area contributed by atoms with Gasteiger partial charge in [0.1, 0.15) is 11.9 Å². The first-order valence-corrected chi connectivity index (χ1v) is 5.16. The molecule has 1 aliphatic rings. The van der Waals surface area contributed by atoms with Crippen molar-refractivity contribution in [3.8, 4) is 6.07 Å². The highest BCUT2D eigenvalue weighted by Crippen LogP contribution is 2.16. The summed E-state index contributed by atoms with van der Waals surface area (Å²) in [5.41, 5.74) is 6.49. The third kappa shape index (κ3) is 2.25. The standard InChI is InChI=1S/C11H14N4/c12-6-9-3-4-11(14-7-9)15-5-1-2-10(13)8-15/h3-4,7,10H,1-2,5,8,13H2/t10-/m1/s1. The first kappa shape index (κ1) is 9.94. The first-order valence-electron chi connectivity index (χ1n) is 5.16. The summed E-state index contributed by atoms with van der Waals surface area (Å²) in [5.74, 6) is 0.921. The summed E-state index contributed by atoms with van der Waals surface area (Å²) in [7, 11) is 0. The monoisotopic (exact) mass is 202 g/mol. The Morgan fingerprint density at radius 1 is 1.53 bits per heavy atom. The topological polar surface area (TPSA) is 65.9 Å². The Balaban J connectivity index is 2.12. The molecule has 0 bridgehead atoms. The molecule has 1 aromatic heterocycles. The first-order chi connectivity index (χ1) is 7.29. The van der Waals surface area contributed by atoms with Gasteiger partial charge in [0, 0.05) is 25.3 Å². The third-order valence-electron chi connectivity index (χ3n) is 2.66. The summed E-state index contributed by atoms with van der Waals surface area (Å²) in [6.07, 6.45) is 3.81. The van der Waals surface area contributed by atoms with Crippen molar-refractivity contribution in [1.29, 1.82) is 5.26 Å². The number of piperidine rings is 1. The Hall–Kier alpha value is -1.60. The highest BCUT2D eigenvalue weighted by molar-refractivity contribution is 5.42. The normalized spacial score (nSPS) is 21.1. The van der Waals surface area contributed by atoms with E-state index in [1.807, 2.05) is 6.07 Å². The summed E-state index contributed by atoms with van der Waals surface area (Å²) in [6, 6.07) is 5.99. The van der Waals surface area contributed by atoms with Gasteiger partial charge in [0.25, 0.3) is 0 Å². The smallest absolute Gasteiger partial charge is 0.128 e. The van der Waals surface area contributed by atoms with Gasteiger partial charge in [0.15, 0.2) is 0 Å². The van der Waals surface area contributed by atoms with E-state index in [4.69, 9.17) is 11.0 Å². The Kier molecular flexibility index (Phi) is 2.84. The van der Waals surface area contributed by atoms with Crippen molar-refractivity contribution in [1.82, 2.24) is 4.98 Å². The number of nitrogens with two attached hydrogens (primary N) is 1. The van der Waals surface area contributed by atoms with Crippen LogP contribution in [0.3, 0.4) is 0 Å². The van der Waals surface area contributed by atoms with E-state index in [0.717, 1.165) is 31.7 Å². The molecule has 1 aromatic rings. The van der Waals surface area contributed by atoms with E-state index in [0.29, 0.717) is 5.56 Å². The molecule has 78 valence electrons. The molecule has 2 rings (SSSR count). The molecule has 2 heterocycles. The van der Waals surface area contributed by atoms with Crippen LogP contribution >= 0.6 is 0 Å². The number of nitrogens with zero attached hydrogens (tertiary/aromatic N) is 3. The predicted molar refractivity (Wildman–Crippen MR) is 58.4 cm³/mol. The van der Waals surface area contributed by atoms with Crippen molar-refractivity contribution < 1.29 is 0 Å². The fourth-order valence-corrected chi connectivity index (χ4v) is 1.86. The second-order valence-electron chi connectivity index (χ2n) is 3.87. The van der Waals surface area contributed by atoms with Gasteiger partial charge in [-0.2, -0.15) is 5.26 Å². The summed E-state index contributed by atoms with van der Waals surface area (Å²) in [4.78, 5) is 6.43. The average molecular weight is 202 g/mol. The van der Waals surface area contributed by atoms with Crippen LogP contribution in [0.25, 0.3) is 0 Å². The lowest BCUT2D eigenvalue weighted by Crippen LogP contribution is -2.43. The van der Waals surface area contributed by atoms with Gasteiger partial charge in [0.2, 0.25) is 0 Å². The maximum absolute atomic E-state index is 8.66. The maximum atomic E-state index is 8.66. The molecule has 0 radical (unpaired) electrons. The molecule has 1 aliphatic heterocycles. The zero-order valence-electron chi connectivity index (χ0n) is 8.56. The molecule has 4 heteroatoms. The van der Waals surface area contributed by atoms with E-state index in [2.05, 4.69) is 16.0 Å².